The van der Waals surface area contributed by atoms with Gasteiger partial charge in [-0.15, -0.1) is 0 Å². The Morgan fingerprint density at radius 2 is 2.26 bits per heavy atom. The number of aromatic nitrogens is 2. The summed E-state index contributed by atoms with van der Waals surface area (Å²) in [6.07, 6.45) is -1.17. The minimum atomic E-state index is -1.17. The van der Waals surface area contributed by atoms with Gasteiger partial charge in [0.05, 0.1) is 11.2 Å². The number of carbonyl (C=O) groups is 1. The van der Waals surface area contributed by atoms with Gasteiger partial charge in [-0.1, -0.05) is 18.2 Å². The molecular weight excluding hydrogens is 244 g/mol. The van der Waals surface area contributed by atoms with E-state index in [0.29, 0.717) is 6.54 Å². The van der Waals surface area contributed by atoms with Gasteiger partial charge in [0.1, 0.15) is 6.10 Å². The molecule has 0 saturated heterocycles. The number of rotatable bonds is 6. The van der Waals surface area contributed by atoms with Crippen molar-refractivity contribution in [3.63, 3.8) is 0 Å². The number of fused-ring (bicyclic) bond motifs is 1. The lowest BCUT2D eigenvalue weighted by Crippen LogP contribution is -2.37. The van der Waals surface area contributed by atoms with Crippen molar-refractivity contribution in [1.29, 1.82) is 0 Å². The van der Waals surface area contributed by atoms with E-state index in [1.54, 1.807) is 0 Å². The highest BCUT2D eigenvalue weighted by molar-refractivity contribution is 5.82. The molecule has 4 N–H and O–H groups in total. The molecule has 0 bridgehead atoms. The molecule has 0 fully saturated rings. The second kappa shape index (κ2) is 5.81. The Bertz CT molecular complexity index is 579. The number of nitrogens with two attached hydrogens (primary N) is 1. The molecule has 0 saturated carbocycles. The van der Waals surface area contributed by atoms with Crippen LogP contribution in [0.25, 0.3) is 10.9 Å². The molecule has 102 valence electrons. The van der Waals surface area contributed by atoms with Crippen molar-refractivity contribution in [3.8, 4) is 0 Å². The summed E-state index contributed by atoms with van der Waals surface area (Å²) in [5.41, 5.74) is 6.96. The maximum Gasteiger partial charge on any atom is 0.247 e. The zero-order valence-electron chi connectivity index (χ0n) is 10.8. The van der Waals surface area contributed by atoms with E-state index in [1.165, 1.54) is 0 Å². The number of benzene rings is 1. The Hall–Kier alpha value is -1.92. The maximum atomic E-state index is 10.7. The predicted molar refractivity (Wildman–Crippen MR) is 72.3 cm³/mol. The minimum absolute atomic E-state index is 0.128. The molecule has 19 heavy (non-hydrogen) atoms. The molecule has 6 nitrogen and oxygen atoms in total. The Morgan fingerprint density at radius 3 is 2.95 bits per heavy atom. The van der Waals surface area contributed by atoms with Crippen molar-refractivity contribution in [2.75, 3.05) is 6.54 Å². The molecule has 2 rings (SSSR count). The first-order valence-electron chi connectivity index (χ1n) is 6.26. The molecule has 1 aromatic heterocycles. The largest absolute Gasteiger partial charge is 0.382 e. The summed E-state index contributed by atoms with van der Waals surface area (Å²) in [5.74, 6) is -0.726. The normalized spacial score (nSPS) is 12.7. The Labute approximate surface area is 111 Å². The van der Waals surface area contributed by atoms with E-state index in [4.69, 9.17) is 5.73 Å². The summed E-state index contributed by atoms with van der Waals surface area (Å²) in [5, 5.41) is 17.9. The van der Waals surface area contributed by atoms with E-state index < -0.39 is 12.0 Å². The third kappa shape index (κ3) is 2.91. The Kier molecular flexibility index (Phi) is 4.13. The molecule has 1 aromatic carbocycles. The fourth-order valence-corrected chi connectivity index (χ4v) is 2.00. The van der Waals surface area contributed by atoms with Gasteiger partial charge in [-0.25, -0.2) is 0 Å². The number of carbonyl (C=O) groups excluding carboxylic acids is 1. The zero-order valence-corrected chi connectivity index (χ0v) is 10.8. The Balaban J connectivity index is 2.10. The number of hydrogen-bond donors (Lipinski definition) is 3. The standard InChI is InChI=1S/C13H18N4O2/c1-2-17-11-6-4-3-5-9(11)10(16-17)7-15-8-12(18)13(14)19/h3-6,12,15,18H,2,7-8H2,1H3,(H2,14,19). The third-order valence-electron chi connectivity index (χ3n) is 2.99. The topological polar surface area (TPSA) is 93.2 Å². The van der Waals surface area contributed by atoms with Gasteiger partial charge in [-0.3, -0.25) is 9.48 Å². The van der Waals surface area contributed by atoms with Gasteiger partial charge in [0, 0.05) is 25.0 Å². The lowest BCUT2D eigenvalue weighted by molar-refractivity contribution is -0.125. The smallest absolute Gasteiger partial charge is 0.247 e. The monoisotopic (exact) mass is 262 g/mol. The van der Waals surface area contributed by atoms with Crippen LogP contribution in [0.5, 0.6) is 0 Å². The van der Waals surface area contributed by atoms with E-state index in [0.717, 1.165) is 23.1 Å². The second-order valence-electron chi connectivity index (χ2n) is 4.33. The molecule has 2 aromatic rings. The van der Waals surface area contributed by atoms with Gasteiger partial charge in [-0.2, -0.15) is 5.10 Å². The average molecular weight is 262 g/mol. The molecule has 1 amide bonds. The van der Waals surface area contributed by atoms with Crippen LogP contribution in [0.2, 0.25) is 0 Å². The lowest BCUT2D eigenvalue weighted by atomic mass is 10.2. The number of aliphatic hydroxyl groups excluding tert-OH is 1. The van der Waals surface area contributed by atoms with E-state index in [1.807, 2.05) is 35.9 Å². The highest BCUT2D eigenvalue weighted by atomic mass is 16.3. The quantitative estimate of drug-likeness (QED) is 0.682. The molecule has 0 radical (unpaired) electrons. The van der Waals surface area contributed by atoms with Crippen LogP contribution in [0, 0.1) is 0 Å². The van der Waals surface area contributed by atoms with Crippen molar-refractivity contribution >= 4 is 16.8 Å². The van der Waals surface area contributed by atoms with E-state index >= 15 is 0 Å². The van der Waals surface area contributed by atoms with Gasteiger partial charge in [-0.05, 0) is 13.0 Å². The number of primary amides is 1. The summed E-state index contributed by atoms with van der Waals surface area (Å²) in [7, 11) is 0. The SMILES string of the molecule is CCn1nc(CNCC(O)C(N)=O)c2ccccc21. The molecule has 0 aliphatic rings. The highest BCUT2D eigenvalue weighted by Gasteiger charge is 2.12. The fourth-order valence-electron chi connectivity index (χ4n) is 2.00. The summed E-state index contributed by atoms with van der Waals surface area (Å²) >= 11 is 0. The van der Waals surface area contributed by atoms with Crippen LogP contribution in [-0.4, -0.2) is 33.4 Å². The average Bonchev–Trinajstić information content (AvgIpc) is 2.77. The number of amides is 1. The first kappa shape index (κ1) is 13.5. The van der Waals surface area contributed by atoms with Crippen LogP contribution in [0.3, 0.4) is 0 Å². The molecule has 0 aliphatic heterocycles. The van der Waals surface area contributed by atoms with Crippen molar-refractivity contribution in [2.24, 2.45) is 5.73 Å². The lowest BCUT2D eigenvalue weighted by Gasteiger charge is -2.06. The summed E-state index contributed by atoms with van der Waals surface area (Å²) in [6, 6.07) is 7.97. The highest BCUT2D eigenvalue weighted by Crippen LogP contribution is 2.18. The fraction of sp³-hybridized carbons (Fsp3) is 0.385. The maximum absolute atomic E-state index is 10.7. The van der Waals surface area contributed by atoms with Crippen molar-refractivity contribution < 1.29 is 9.90 Å². The van der Waals surface area contributed by atoms with Crippen molar-refractivity contribution in [3.05, 3.63) is 30.0 Å². The molecular formula is C13H18N4O2. The summed E-state index contributed by atoms with van der Waals surface area (Å²) in [6.45, 7) is 3.44. The number of aliphatic hydroxyl groups is 1. The van der Waals surface area contributed by atoms with Gasteiger partial charge < -0.3 is 16.2 Å². The number of para-hydroxylation sites is 1. The first-order chi connectivity index (χ1) is 9.13. The van der Waals surface area contributed by atoms with E-state index in [2.05, 4.69) is 10.4 Å². The van der Waals surface area contributed by atoms with Crippen LogP contribution in [0.1, 0.15) is 12.6 Å². The van der Waals surface area contributed by atoms with Gasteiger partial charge in [0.2, 0.25) is 5.91 Å². The van der Waals surface area contributed by atoms with Crippen LogP contribution >= 0.6 is 0 Å². The summed E-state index contributed by atoms with van der Waals surface area (Å²) < 4.78 is 1.93. The first-order valence-corrected chi connectivity index (χ1v) is 6.26. The van der Waals surface area contributed by atoms with Gasteiger partial charge in [0.15, 0.2) is 0 Å². The van der Waals surface area contributed by atoms with E-state index in [9.17, 15) is 9.90 Å². The number of aryl methyl sites for hydroxylation is 1. The molecule has 6 heteroatoms. The number of nitrogens with one attached hydrogen (secondary N) is 1. The molecule has 0 spiro atoms. The molecule has 0 aliphatic carbocycles. The minimum Gasteiger partial charge on any atom is -0.382 e. The molecule has 1 atom stereocenters. The Morgan fingerprint density at radius 1 is 1.53 bits per heavy atom. The molecule has 1 unspecified atom stereocenters. The molecule has 1 heterocycles. The van der Waals surface area contributed by atoms with Crippen LogP contribution in [0.15, 0.2) is 24.3 Å². The third-order valence-corrected chi connectivity index (χ3v) is 2.99. The number of hydrogen-bond acceptors (Lipinski definition) is 4. The zero-order chi connectivity index (χ0) is 13.8. The van der Waals surface area contributed by atoms with Crippen LogP contribution < -0.4 is 11.1 Å². The second-order valence-corrected chi connectivity index (χ2v) is 4.33. The van der Waals surface area contributed by atoms with E-state index in [-0.39, 0.29) is 6.54 Å². The van der Waals surface area contributed by atoms with Crippen LogP contribution in [0.4, 0.5) is 0 Å². The number of nitrogens with zero attached hydrogens (tertiary/aromatic N) is 2. The van der Waals surface area contributed by atoms with Crippen molar-refractivity contribution in [1.82, 2.24) is 15.1 Å². The summed E-state index contributed by atoms with van der Waals surface area (Å²) in [4.78, 5) is 10.7. The van der Waals surface area contributed by atoms with Crippen molar-refractivity contribution in [2.45, 2.75) is 26.1 Å². The predicted octanol–water partition coefficient (Wildman–Crippen LogP) is -0.00800. The van der Waals surface area contributed by atoms with Gasteiger partial charge in [0.25, 0.3) is 0 Å². The van der Waals surface area contributed by atoms with Crippen LogP contribution in [-0.2, 0) is 17.9 Å². The van der Waals surface area contributed by atoms with Gasteiger partial charge >= 0.3 is 0 Å².